The van der Waals surface area contributed by atoms with Crippen LogP contribution in [0.2, 0.25) is 0 Å². The van der Waals surface area contributed by atoms with Crippen molar-refractivity contribution in [1.82, 2.24) is 5.43 Å². The summed E-state index contributed by atoms with van der Waals surface area (Å²) < 4.78 is 24.6. The summed E-state index contributed by atoms with van der Waals surface area (Å²) >= 11 is 2.09. The first-order valence-corrected chi connectivity index (χ1v) is 7.31. The van der Waals surface area contributed by atoms with E-state index in [1.807, 2.05) is 12.1 Å². The number of methoxy groups -OCH3 is 2. The van der Waals surface area contributed by atoms with Gasteiger partial charge in [-0.2, -0.15) is 0 Å². The van der Waals surface area contributed by atoms with E-state index in [1.54, 1.807) is 26.4 Å². The van der Waals surface area contributed by atoms with E-state index in [9.17, 15) is 4.39 Å². The number of rotatable bonds is 5. The highest BCUT2D eigenvalue weighted by molar-refractivity contribution is 14.1. The minimum absolute atomic E-state index is 0.276. The van der Waals surface area contributed by atoms with Crippen LogP contribution in [0.1, 0.15) is 17.2 Å². The first-order valence-electron chi connectivity index (χ1n) is 6.23. The Hall–Kier alpha value is -1.38. The minimum atomic E-state index is -0.290. The quantitative estimate of drug-likeness (QED) is 0.459. The number of hydrogen-bond acceptors (Lipinski definition) is 4. The van der Waals surface area contributed by atoms with Crippen molar-refractivity contribution in [1.29, 1.82) is 0 Å². The number of nitrogens with one attached hydrogen (secondary N) is 1. The molecule has 0 saturated heterocycles. The molecule has 0 aromatic heterocycles. The number of hydrazine groups is 1. The molecule has 0 aliphatic rings. The standard InChI is InChI=1S/C15H16FIN2O2/c1-20-11-5-9(6-12(8-11)21-2)15(19-18)13-4-3-10(16)7-14(13)17/h3-8,15,19H,18H2,1-2H3. The molecule has 21 heavy (non-hydrogen) atoms. The lowest BCUT2D eigenvalue weighted by molar-refractivity contribution is 0.392. The van der Waals surface area contributed by atoms with Gasteiger partial charge in [-0.3, -0.25) is 5.84 Å². The van der Waals surface area contributed by atoms with Crippen molar-refractivity contribution < 1.29 is 13.9 Å². The van der Waals surface area contributed by atoms with Gasteiger partial charge in [0.25, 0.3) is 0 Å². The highest BCUT2D eigenvalue weighted by Gasteiger charge is 2.17. The number of hydrogen-bond donors (Lipinski definition) is 2. The van der Waals surface area contributed by atoms with E-state index >= 15 is 0 Å². The van der Waals surface area contributed by atoms with E-state index in [4.69, 9.17) is 15.3 Å². The molecule has 6 heteroatoms. The second-order valence-corrected chi connectivity index (χ2v) is 5.57. The lowest BCUT2D eigenvalue weighted by Crippen LogP contribution is -2.29. The predicted octanol–water partition coefficient (Wildman–Crippen LogP) is 3.00. The smallest absolute Gasteiger partial charge is 0.124 e. The van der Waals surface area contributed by atoms with Crippen molar-refractivity contribution in [3.05, 3.63) is 56.9 Å². The van der Waals surface area contributed by atoms with Crippen LogP contribution < -0.4 is 20.7 Å². The molecular weight excluding hydrogens is 386 g/mol. The van der Waals surface area contributed by atoms with Crippen LogP contribution in [0.5, 0.6) is 11.5 Å². The third-order valence-corrected chi connectivity index (χ3v) is 4.08. The van der Waals surface area contributed by atoms with Gasteiger partial charge in [0.05, 0.1) is 20.3 Å². The van der Waals surface area contributed by atoms with Gasteiger partial charge in [0.15, 0.2) is 0 Å². The van der Waals surface area contributed by atoms with Crippen LogP contribution in [-0.4, -0.2) is 14.2 Å². The normalized spacial score (nSPS) is 12.0. The fourth-order valence-electron chi connectivity index (χ4n) is 2.10. The first kappa shape index (κ1) is 16.0. The predicted molar refractivity (Wildman–Crippen MR) is 87.8 cm³/mol. The maximum atomic E-state index is 13.3. The summed E-state index contributed by atoms with van der Waals surface area (Å²) in [4.78, 5) is 0. The monoisotopic (exact) mass is 402 g/mol. The van der Waals surface area contributed by atoms with Crippen molar-refractivity contribution in [2.24, 2.45) is 5.84 Å². The second kappa shape index (κ2) is 7.06. The summed E-state index contributed by atoms with van der Waals surface area (Å²) in [6, 6.07) is 9.83. The van der Waals surface area contributed by atoms with E-state index in [0.29, 0.717) is 11.5 Å². The van der Waals surface area contributed by atoms with Crippen LogP contribution in [0.25, 0.3) is 0 Å². The Kier molecular flexibility index (Phi) is 5.38. The average Bonchev–Trinajstić information content (AvgIpc) is 2.49. The van der Waals surface area contributed by atoms with Crippen LogP contribution >= 0.6 is 22.6 Å². The molecule has 0 radical (unpaired) electrons. The Morgan fingerprint density at radius 3 is 2.19 bits per heavy atom. The van der Waals surface area contributed by atoms with Gasteiger partial charge in [0.2, 0.25) is 0 Å². The largest absolute Gasteiger partial charge is 0.497 e. The van der Waals surface area contributed by atoms with Crippen molar-refractivity contribution in [3.8, 4) is 11.5 Å². The van der Waals surface area contributed by atoms with E-state index in [-0.39, 0.29) is 11.9 Å². The van der Waals surface area contributed by atoms with Crippen molar-refractivity contribution in [3.63, 3.8) is 0 Å². The summed E-state index contributed by atoms with van der Waals surface area (Å²) in [6.07, 6.45) is 0. The van der Waals surface area contributed by atoms with Gasteiger partial charge in [0, 0.05) is 9.64 Å². The molecule has 0 fully saturated rings. The Balaban J connectivity index is 2.50. The van der Waals surface area contributed by atoms with Crippen LogP contribution in [0.3, 0.4) is 0 Å². The van der Waals surface area contributed by atoms with Gasteiger partial charge in [-0.15, -0.1) is 0 Å². The molecule has 0 aliphatic carbocycles. The molecule has 3 N–H and O–H groups in total. The number of ether oxygens (including phenoxy) is 2. The maximum Gasteiger partial charge on any atom is 0.124 e. The zero-order chi connectivity index (χ0) is 15.4. The van der Waals surface area contributed by atoms with Crippen LogP contribution in [0.15, 0.2) is 36.4 Å². The molecule has 0 spiro atoms. The Morgan fingerprint density at radius 1 is 1.10 bits per heavy atom. The molecule has 2 aromatic rings. The molecule has 1 unspecified atom stereocenters. The third-order valence-electron chi connectivity index (χ3n) is 3.15. The maximum absolute atomic E-state index is 13.3. The Morgan fingerprint density at radius 2 is 1.71 bits per heavy atom. The SMILES string of the molecule is COc1cc(OC)cc(C(NN)c2ccc(F)cc2I)c1. The van der Waals surface area contributed by atoms with Crippen LogP contribution in [-0.2, 0) is 0 Å². The topological polar surface area (TPSA) is 56.5 Å². The van der Waals surface area contributed by atoms with Gasteiger partial charge in [-0.1, -0.05) is 6.07 Å². The van der Waals surface area contributed by atoms with E-state index in [0.717, 1.165) is 14.7 Å². The molecule has 0 aliphatic heterocycles. The average molecular weight is 402 g/mol. The van der Waals surface area contributed by atoms with Gasteiger partial charge >= 0.3 is 0 Å². The van der Waals surface area contributed by atoms with E-state index in [1.165, 1.54) is 12.1 Å². The molecule has 112 valence electrons. The van der Waals surface area contributed by atoms with Gasteiger partial charge in [-0.05, 0) is 58.0 Å². The summed E-state index contributed by atoms with van der Waals surface area (Å²) in [5, 5.41) is 0. The van der Waals surface area contributed by atoms with Crippen molar-refractivity contribution in [2.75, 3.05) is 14.2 Å². The van der Waals surface area contributed by atoms with Crippen LogP contribution in [0, 0.1) is 9.39 Å². The fourth-order valence-corrected chi connectivity index (χ4v) is 2.89. The molecule has 1 atom stereocenters. The van der Waals surface area contributed by atoms with Crippen molar-refractivity contribution >= 4 is 22.6 Å². The summed E-state index contributed by atoms with van der Waals surface area (Å²) in [6.45, 7) is 0. The van der Waals surface area contributed by atoms with Crippen molar-refractivity contribution in [2.45, 2.75) is 6.04 Å². The molecule has 0 bridgehead atoms. The van der Waals surface area contributed by atoms with Gasteiger partial charge in [0.1, 0.15) is 17.3 Å². The highest BCUT2D eigenvalue weighted by Crippen LogP contribution is 2.31. The number of halogens is 2. The summed E-state index contributed by atoms with van der Waals surface area (Å²) in [5.74, 6) is 6.76. The zero-order valence-corrected chi connectivity index (χ0v) is 13.8. The third kappa shape index (κ3) is 3.63. The molecule has 2 rings (SSSR count). The minimum Gasteiger partial charge on any atom is -0.497 e. The highest BCUT2D eigenvalue weighted by atomic mass is 127. The lowest BCUT2D eigenvalue weighted by Gasteiger charge is -2.20. The molecule has 0 heterocycles. The Labute approximate surface area is 136 Å². The Bertz CT molecular complexity index is 615. The number of benzene rings is 2. The second-order valence-electron chi connectivity index (χ2n) is 4.41. The van der Waals surface area contributed by atoms with Crippen LogP contribution in [0.4, 0.5) is 4.39 Å². The summed E-state index contributed by atoms with van der Waals surface area (Å²) in [5.41, 5.74) is 4.52. The lowest BCUT2D eigenvalue weighted by atomic mass is 9.98. The van der Waals surface area contributed by atoms with E-state index in [2.05, 4.69) is 28.0 Å². The molecule has 0 saturated carbocycles. The molecular formula is C15H16FIN2O2. The van der Waals surface area contributed by atoms with Gasteiger partial charge < -0.3 is 9.47 Å². The fraction of sp³-hybridized carbons (Fsp3) is 0.200. The van der Waals surface area contributed by atoms with Gasteiger partial charge in [-0.25, -0.2) is 9.82 Å². The van der Waals surface area contributed by atoms with E-state index < -0.39 is 0 Å². The number of nitrogens with two attached hydrogens (primary N) is 1. The molecule has 2 aromatic carbocycles. The molecule has 4 nitrogen and oxygen atoms in total. The zero-order valence-electron chi connectivity index (χ0n) is 11.7. The summed E-state index contributed by atoms with van der Waals surface area (Å²) in [7, 11) is 3.18. The first-order chi connectivity index (χ1) is 10.1. The molecule has 0 amide bonds.